The summed E-state index contributed by atoms with van der Waals surface area (Å²) in [5.74, 6) is 0. The molecule has 1 aliphatic rings. The predicted octanol–water partition coefficient (Wildman–Crippen LogP) is 2.89. The third kappa shape index (κ3) is 3.43. The molecule has 110 valence electrons. The minimum absolute atomic E-state index is 0.383. The van der Waals surface area contributed by atoms with Gasteiger partial charge in [0, 0.05) is 25.2 Å². The third-order valence-corrected chi connectivity index (χ3v) is 4.57. The Kier molecular flexibility index (Phi) is 5.24. The van der Waals surface area contributed by atoms with Crippen molar-refractivity contribution in [1.82, 2.24) is 4.90 Å². The largest absolute Gasteiger partial charge is 0.389 e. The summed E-state index contributed by atoms with van der Waals surface area (Å²) < 4.78 is 0. The zero-order valence-corrected chi connectivity index (χ0v) is 13.7. The molecular weight excluding hydrogens is 290 g/mol. The molecule has 1 atom stereocenters. The van der Waals surface area contributed by atoms with Crippen LogP contribution in [0, 0.1) is 0 Å². The van der Waals surface area contributed by atoms with Gasteiger partial charge in [0.1, 0.15) is 4.99 Å². The lowest BCUT2D eigenvalue weighted by atomic mass is 10.1. The van der Waals surface area contributed by atoms with Crippen molar-refractivity contribution >= 4 is 34.5 Å². The second-order valence-electron chi connectivity index (χ2n) is 5.34. The molecule has 3 nitrogen and oxygen atoms in total. The maximum absolute atomic E-state index is 6.35. The summed E-state index contributed by atoms with van der Waals surface area (Å²) >= 11 is 11.3. The van der Waals surface area contributed by atoms with Gasteiger partial charge in [-0.3, -0.25) is 4.90 Å². The average molecular weight is 312 g/mol. The fraction of sp³-hybridized carbons (Fsp3) is 0.533. The summed E-state index contributed by atoms with van der Waals surface area (Å²) in [6, 6.07) is 6.41. The fourth-order valence-electron chi connectivity index (χ4n) is 2.90. The zero-order chi connectivity index (χ0) is 14.7. The minimum atomic E-state index is 0.383. The van der Waals surface area contributed by atoms with E-state index in [1.165, 1.54) is 19.4 Å². The normalized spacial score (nSPS) is 19.2. The van der Waals surface area contributed by atoms with Gasteiger partial charge in [0.2, 0.25) is 0 Å². The third-order valence-electron chi connectivity index (χ3n) is 4.03. The van der Waals surface area contributed by atoms with Crippen LogP contribution < -0.4 is 10.6 Å². The molecule has 2 N–H and O–H groups in total. The van der Waals surface area contributed by atoms with Crippen LogP contribution in [0.4, 0.5) is 5.69 Å². The monoisotopic (exact) mass is 311 g/mol. The van der Waals surface area contributed by atoms with Crippen molar-refractivity contribution in [3.05, 3.63) is 28.8 Å². The Labute approximate surface area is 131 Å². The number of benzene rings is 1. The molecule has 1 saturated heterocycles. The SMILES string of the molecule is CCN1CCCC1CN(C)c1ccc(C(N)=S)cc1Cl. The molecular formula is C15H22ClN3S. The van der Waals surface area contributed by atoms with Crippen LogP contribution >= 0.6 is 23.8 Å². The van der Waals surface area contributed by atoms with E-state index in [1.54, 1.807) is 0 Å². The predicted molar refractivity (Wildman–Crippen MR) is 90.9 cm³/mol. The molecule has 1 aromatic rings. The number of rotatable bonds is 5. The van der Waals surface area contributed by atoms with E-state index < -0.39 is 0 Å². The molecule has 1 fully saturated rings. The molecule has 0 bridgehead atoms. The van der Waals surface area contributed by atoms with E-state index in [9.17, 15) is 0 Å². The van der Waals surface area contributed by atoms with Crippen molar-refractivity contribution in [1.29, 1.82) is 0 Å². The number of nitrogens with two attached hydrogens (primary N) is 1. The number of likely N-dealkylation sites (N-methyl/N-ethyl adjacent to an activating group) is 2. The summed E-state index contributed by atoms with van der Waals surface area (Å²) in [5.41, 5.74) is 7.48. The van der Waals surface area contributed by atoms with Gasteiger partial charge in [-0.1, -0.05) is 30.7 Å². The van der Waals surface area contributed by atoms with E-state index in [1.807, 2.05) is 18.2 Å². The Morgan fingerprint density at radius 2 is 2.30 bits per heavy atom. The first-order valence-electron chi connectivity index (χ1n) is 7.07. The summed E-state index contributed by atoms with van der Waals surface area (Å²) in [5, 5.41) is 0.707. The maximum Gasteiger partial charge on any atom is 0.104 e. The molecule has 5 heteroatoms. The highest BCUT2D eigenvalue weighted by molar-refractivity contribution is 7.80. The highest BCUT2D eigenvalue weighted by Gasteiger charge is 2.24. The highest BCUT2D eigenvalue weighted by atomic mass is 35.5. The smallest absolute Gasteiger partial charge is 0.104 e. The van der Waals surface area contributed by atoms with Gasteiger partial charge in [-0.15, -0.1) is 0 Å². The Morgan fingerprint density at radius 3 is 2.90 bits per heavy atom. The van der Waals surface area contributed by atoms with Gasteiger partial charge in [0.05, 0.1) is 10.7 Å². The van der Waals surface area contributed by atoms with E-state index in [0.29, 0.717) is 16.1 Å². The quantitative estimate of drug-likeness (QED) is 0.848. The molecule has 1 heterocycles. The van der Waals surface area contributed by atoms with Crippen molar-refractivity contribution in [2.75, 3.05) is 31.6 Å². The van der Waals surface area contributed by atoms with E-state index in [4.69, 9.17) is 29.6 Å². The van der Waals surface area contributed by atoms with Crippen LogP contribution in [0.1, 0.15) is 25.3 Å². The lowest BCUT2D eigenvalue weighted by Gasteiger charge is -2.29. The van der Waals surface area contributed by atoms with Gasteiger partial charge in [0.15, 0.2) is 0 Å². The van der Waals surface area contributed by atoms with Gasteiger partial charge in [-0.05, 0) is 44.1 Å². The molecule has 0 saturated carbocycles. The topological polar surface area (TPSA) is 32.5 Å². The first-order chi connectivity index (χ1) is 9.52. The molecule has 1 aliphatic heterocycles. The summed E-state index contributed by atoms with van der Waals surface area (Å²) in [6.45, 7) is 5.55. The van der Waals surface area contributed by atoms with Crippen molar-refractivity contribution in [2.45, 2.75) is 25.8 Å². The average Bonchev–Trinajstić information content (AvgIpc) is 2.85. The van der Waals surface area contributed by atoms with Crippen molar-refractivity contribution in [3.63, 3.8) is 0 Å². The number of thiocarbonyl (C=S) groups is 1. The van der Waals surface area contributed by atoms with Crippen LogP contribution in [0.2, 0.25) is 5.02 Å². The van der Waals surface area contributed by atoms with E-state index in [2.05, 4.69) is 23.8 Å². The van der Waals surface area contributed by atoms with Crippen molar-refractivity contribution in [3.8, 4) is 0 Å². The van der Waals surface area contributed by atoms with Crippen LogP contribution in [0.15, 0.2) is 18.2 Å². The number of likely N-dealkylation sites (tertiary alicyclic amines) is 1. The molecule has 0 amide bonds. The lowest BCUT2D eigenvalue weighted by Crippen LogP contribution is -2.38. The van der Waals surface area contributed by atoms with Crippen LogP contribution in [-0.2, 0) is 0 Å². The maximum atomic E-state index is 6.35. The number of nitrogens with zero attached hydrogens (tertiary/aromatic N) is 2. The van der Waals surface area contributed by atoms with E-state index >= 15 is 0 Å². The molecule has 1 aromatic carbocycles. The number of hydrogen-bond donors (Lipinski definition) is 1. The summed E-state index contributed by atoms with van der Waals surface area (Å²) in [7, 11) is 2.09. The Hall–Kier alpha value is -0.840. The second kappa shape index (κ2) is 6.74. The van der Waals surface area contributed by atoms with Crippen LogP contribution in [0.5, 0.6) is 0 Å². The van der Waals surface area contributed by atoms with E-state index in [-0.39, 0.29) is 0 Å². The zero-order valence-electron chi connectivity index (χ0n) is 12.1. The van der Waals surface area contributed by atoms with Gasteiger partial charge in [-0.25, -0.2) is 0 Å². The Morgan fingerprint density at radius 1 is 1.55 bits per heavy atom. The van der Waals surface area contributed by atoms with Gasteiger partial charge >= 0.3 is 0 Å². The van der Waals surface area contributed by atoms with Gasteiger partial charge in [0.25, 0.3) is 0 Å². The molecule has 2 rings (SSSR count). The van der Waals surface area contributed by atoms with Crippen molar-refractivity contribution < 1.29 is 0 Å². The van der Waals surface area contributed by atoms with Crippen molar-refractivity contribution in [2.24, 2.45) is 5.73 Å². The van der Waals surface area contributed by atoms with Crippen LogP contribution in [0.3, 0.4) is 0 Å². The van der Waals surface area contributed by atoms with Crippen LogP contribution in [0.25, 0.3) is 0 Å². The summed E-state index contributed by atoms with van der Waals surface area (Å²) in [4.78, 5) is 5.15. The fourth-order valence-corrected chi connectivity index (χ4v) is 3.35. The minimum Gasteiger partial charge on any atom is -0.389 e. The molecule has 0 radical (unpaired) electrons. The first kappa shape index (κ1) is 15.5. The molecule has 1 unspecified atom stereocenters. The second-order valence-corrected chi connectivity index (χ2v) is 6.18. The Bertz CT molecular complexity index is 492. The first-order valence-corrected chi connectivity index (χ1v) is 7.86. The number of halogens is 1. The van der Waals surface area contributed by atoms with E-state index in [0.717, 1.165) is 24.3 Å². The summed E-state index contributed by atoms with van der Waals surface area (Å²) in [6.07, 6.45) is 2.56. The lowest BCUT2D eigenvalue weighted by molar-refractivity contribution is 0.270. The number of anilines is 1. The van der Waals surface area contributed by atoms with Crippen LogP contribution in [-0.4, -0.2) is 42.6 Å². The van der Waals surface area contributed by atoms with Gasteiger partial charge < -0.3 is 10.6 Å². The molecule has 0 spiro atoms. The molecule has 20 heavy (non-hydrogen) atoms. The highest BCUT2D eigenvalue weighted by Crippen LogP contribution is 2.28. The molecule has 0 aromatic heterocycles. The Balaban J connectivity index is 2.09. The molecule has 0 aliphatic carbocycles. The number of hydrogen-bond acceptors (Lipinski definition) is 3. The standard InChI is InChI=1S/C15H22ClN3S/c1-3-19-8-4-5-12(19)10-18(2)14-7-6-11(15(17)20)9-13(14)16/h6-7,9,12H,3-5,8,10H2,1-2H3,(H2,17,20). The van der Waals surface area contributed by atoms with Gasteiger partial charge in [-0.2, -0.15) is 0 Å².